The van der Waals surface area contributed by atoms with E-state index in [1.165, 1.54) is 12.8 Å². The molecule has 0 saturated carbocycles. The number of nitrogens with zero attached hydrogens (tertiary/aromatic N) is 4. The number of phenols is 2. The predicted octanol–water partition coefficient (Wildman–Crippen LogP) is 4.61. The van der Waals surface area contributed by atoms with Crippen LogP contribution in [0.25, 0.3) is 0 Å². The Morgan fingerprint density at radius 3 is 1.79 bits per heavy atom. The second kappa shape index (κ2) is 14.8. The van der Waals surface area contributed by atoms with E-state index in [1.807, 2.05) is 17.0 Å². The van der Waals surface area contributed by atoms with E-state index in [1.54, 1.807) is 53.4 Å². The Balaban J connectivity index is 0.000000182. The van der Waals surface area contributed by atoms with E-state index in [9.17, 15) is 24.6 Å². The van der Waals surface area contributed by atoms with E-state index in [0.29, 0.717) is 36.4 Å². The van der Waals surface area contributed by atoms with Crippen LogP contribution in [-0.4, -0.2) is 112 Å². The van der Waals surface area contributed by atoms with Crippen LogP contribution in [0.5, 0.6) is 11.5 Å². The van der Waals surface area contributed by atoms with Crippen LogP contribution in [-0.2, 0) is 0 Å². The summed E-state index contributed by atoms with van der Waals surface area (Å²) in [7, 11) is 0. The first-order valence-corrected chi connectivity index (χ1v) is 17.3. The topological polar surface area (TPSA) is 155 Å². The van der Waals surface area contributed by atoms with Crippen molar-refractivity contribution >= 4 is 50.8 Å². The minimum atomic E-state index is -0.503. The highest BCUT2D eigenvalue weighted by Gasteiger charge is 2.35. The van der Waals surface area contributed by atoms with E-state index in [0.717, 1.165) is 56.6 Å². The fourth-order valence-electron chi connectivity index (χ4n) is 7.08. The zero-order valence-electron chi connectivity index (χ0n) is 26.8. The first-order valence-electron chi connectivity index (χ1n) is 16.5. The van der Waals surface area contributed by atoms with Crippen LogP contribution >= 0.6 is 15.9 Å². The summed E-state index contributed by atoms with van der Waals surface area (Å²) in [5, 5.41) is 25.9. The maximum atomic E-state index is 13.0. The molecule has 4 aliphatic heterocycles. The van der Waals surface area contributed by atoms with Gasteiger partial charge in [0.05, 0.1) is 28.2 Å². The molecule has 0 aliphatic carbocycles. The average molecular weight is 721 g/mol. The summed E-state index contributed by atoms with van der Waals surface area (Å²) in [6, 6.07) is 17.4. The standard InChI is InChI=1S/C21H23BrN4O3.C14H19N3O2/c22-16-7-1-2-8-17(16)23-21(29)24-18-9-3-6-15(19(18)27)20(28)26-12-11-25-10-4-5-14(25)13-26;15-12-5-1-4-11(13(12)18)14(19)17-8-7-16-6-2-3-10(16)9-17/h1-3,6-9,14,27H,4-5,10-13H2,(H2,23,24,29);1,4-5,10,18H,2-3,6-9,15H2. The lowest BCUT2D eigenvalue weighted by Crippen LogP contribution is -2.52. The van der Waals surface area contributed by atoms with E-state index < -0.39 is 6.03 Å². The number of para-hydroxylation sites is 3. The third-order valence-electron chi connectivity index (χ3n) is 9.68. The Morgan fingerprint density at radius 1 is 0.667 bits per heavy atom. The molecule has 2 unspecified atom stereocenters. The van der Waals surface area contributed by atoms with Crippen molar-refractivity contribution < 1.29 is 24.6 Å². The van der Waals surface area contributed by atoms with Gasteiger partial charge in [-0.1, -0.05) is 24.3 Å². The van der Waals surface area contributed by atoms with Gasteiger partial charge in [-0.15, -0.1) is 0 Å². The van der Waals surface area contributed by atoms with Crippen molar-refractivity contribution in [3.63, 3.8) is 0 Å². The lowest BCUT2D eigenvalue weighted by Gasteiger charge is -2.37. The van der Waals surface area contributed by atoms with Crippen LogP contribution in [0.15, 0.2) is 65.1 Å². The summed E-state index contributed by atoms with van der Waals surface area (Å²) in [6.07, 6.45) is 4.65. The van der Waals surface area contributed by atoms with Gasteiger partial charge in [0.15, 0.2) is 11.5 Å². The van der Waals surface area contributed by atoms with Gasteiger partial charge in [-0.25, -0.2) is 4.79 Å². The zero-order valence-corrected chi connectivity index (χ0v) is 28.4. The van der Waals surface area contributed by atoms with Crippen LogP contribution in [0.4, 0.5) is 21.9 Å². The second-order valence-corrected chi connectivity index (χ2v) is 13.5. The number of anilines is 3. The number of nitrogens with two attached hydrogens (primary N) is 1. The largest absolute Gasteiger partial charge is 0.505 e. The van der Waals surface area contributed by atoms with E-state index in [-0.39, 0.29) is 40.3 Å². The molecule has 3 aromatic carbocycles. The Morgan fingerprint density at radius 2 is 1.19 bits per heavy atom. The Labute approximate surface area is 288 Å². The molecule has 12 nitrogen and oxygen atoms in total. The van der Waals surface area contributed by atoms with E-state index in [4.69, 9.17) is 5.73 Å². The third kappa shape index (κ3) is 7.38. The molecule has 0 aromatic heterocycles. The minimum absolute atomic E-state index is 0.0960. The van der Waals surface area contributed by atoms with Crippen LogP contribution in [0.1, 0.15) is 46.4 Å². The molecule has 4 saturated heterocycles. The fourth-order valence-corrected chi connectivity index (χ4v) is 7.47. The van der Waals surface area contributed by atoms with Crippen LogP contribution in [0.3, 0.4) is 0 Å². The van der Waals surface area contributed by atoms with Crippen molar-refractivity contribution in [2.45, 2.75) is 37.8 Å². The van der Waals surface area contributed by atoms with Gasteiger partial charge in [0.2, 0.25) is 0 Å². The quantitative estimate of drug-likeness (QED) is 0.194. The molecule has 13 heteroatoms. The maximum absolute atomic E-state index is 13.0. The van der Waals surface area contributed by atoms with Crippen LogP contribution in [0, 0.1) is 0 Å². The summed E-state index contributed by atoms with van der Waals surface area (Å²) in [5.74, 6) is -0.629. The number of nitrogens with one attached hydrogen (secondary N) is 2. The Kier molecular flexibility index (Phi) is 10.4. The first kappa shape index (κ1) is 33.6. The summed E-state index contributed by atoms with van der Waals surface area (Å²) in [4.78, 5) is 46.3. The molecule has 2 atom stereocenters. The van der Waals surface area contributed by atoms with E-state index >= 15 is 0 Å². The number of fused-ring (bicyclic) bond motifs is 2. The normalized spacial score (nSPS) is 20.7. The first-order chi connectivity index (χ1) is 23.2. The summed E-state index contributed by atoms with van der Waals surface area (Å²) < 4.78 is 0.745. The van der Waals surface area contributed by atoms with Gasteiger partial charge in [-0.2, -0.15) is 0 Å². The number of piperazine rings is 2. The van der Waals surface area contributed by atoms with Crippen molar-refractivity contribution in [3.8, 4) is 11.5 Å². The van der Waals surface area contributed by atoms with Crippen molar-refractivity contribution in [1.29, 1.82) is 0 Å². The average Bonchev–Trinajstić information content (AvgIpc) is 3.77. The van der Waals surface area contributed by atoms with Gasteiger partial charge in [-0.3, -0.25) is 19.4 Å². The highest BCUT2D eigenvalue weighted by atomic mass is 79.9. The summed E-state index contributed by atoms with van der Waals surface area (Å²) >= 11 is 3.37. The number of phenolic OH excluding ortho intramolecular Hbond substituents is 2. The van der Waals surface area contributed by atoms with Gasteiger partial charge < -0.3 is 36.4 Å². The number of hydrogen-bond acceptors (Lipinski definition) is 8. The Hall–Kier alpha value is -4.33. The number of hydrogen-bond donors (Lipinski definition) is 5. The molecule has 4 aliphatic rings. The molecule has 0 bridgehead atoms. The molecule has 6 N–H and O–H groups in total. The Bertz CT molecular complexity index is 1670. The molecule has 7 rings (SSSR count). The van der Waals surface area contributed by atoms with Gasteiger partial charge in [0.1, 0.15) is 0 Å². The molecule has 0 spiro atoms. The highest BCUT2D eigenvalue weighted by Crippen LogP contribution is 2.31. The molecule has 48 heavy (non-hydrogen) atoms. The van der Waals surface area contributed by atoms with Crippen molar-refractivity contribution in [1.82, 2.24) is 19.6 Å². The van der Waals surface area contributed by atoms with Crippen molar-refractivity contribution in [3.05, 3.63) is 76.3 Å². The van der Waals surface area contributed by atoms with Crippen LogP contribution in [0.2, 0.25) is 0 Å². The van der Waals surface area contributed by atoms with E-state index in [2.05, 4.69) is 36.4 Å². The van der Waals surface area contributed by atoms with Crippen molar-refractivity contribution in [2.75, 3.05) is 68.7 Å². The molecule has 4 fully saturated rings. The maximum Gasteiger partial charge on any atom is 0.323 e. The number of aromatic hydroxyl groups is 2. The number of halogens is 1. The predicted molar refractivity (Wildman–Crippen MR) is 188 cm³/mol. The number of rotatable bonds is 4. The molecular formula is C35H42BrN7O5. The number of benzene rings is 3. The highest BCUT2D eigenvalue weighted by molar-refractivity contribution is 9.10. The number of carbonyl (C=O) groups is 3. The van der Waals surface area contributed by atoms with Gasteiger partial charge in [0.25, 0.3) is 11.8 Å². The lowest BCUT2D eigenvalue weighted by atomic mass is 10.1. The van der Waals surface area contributed by atoms with Gasteiger partial charge >= 0.3 is 6.03 Å². The number of nitrogen functional groups attached to an aromatic ring is 1. The molecule has 4 amide bonds. The molecule has 4 heterocycles. The van der Waals surface area contributed by atoms with Crippen molar-refractivity contribution in [2.24, 2.45) is 0 Å². The SMILES string of the molecule is Nc1cccc(C(=O)N2CCN3CCCC3C2)c1O.O=C(Nc1ccccc1Br)Nc1cccc(C(=O)N2CCN3CCCC3C2)c1O. The molecule has 254 valence electrons. The molecule has 0 radical (unpaired) electrons. The minimum Gasteiger partial charge on any atom is -0.505 e. The van der Waals surface area contributed by atoms with Gasteiger partial charge in [0, 0.05) is 55.8 Å². The summed E-state index contributed by atoms with van der Waals surface area (Å²) in [5.41, 5.74) is 7.21. The number of carbonyl (C=O) groups excluding carboxylic acids is 3. The monoisotopic (exact) mass is 719 g/mol. The lowest BCUT2D eigenvalue weighted by molar-refractivity contribution is 0.0563. The third-order valence-corrected chi connectivity index (χ3v) is 10.4. The number of amides is 4. The molecular weight excluding hydrogens is 678 g/mol. The summed E-state index contributed by atoms with van der Waals surface area (Å²) in [6.45, 7) is 6.85. The second-order valence-electron chi connectivity index (χ2n) is 12.7. The number of urea groups is 1. The van der Waals surface area contributed by atoms with Crippen LogP contribution < -0.4 is 16.4 Å². The van der Waals surface area contributed by atoms with Gasteiger partial charge in [-0.05, 0) is 91.1 Å². The fraction of sp³-hybridized carbons (Fsp3) is 0.400. The zero-order chi connectivity index (χ0) is 33.8. The smallest absolute Gasteiger partial charge is 0.323 e. The molecule has 3 aromatic rings.